The van der Waals surface area contributed by atoms with Crippen LogP contribution >= 0.6 is 0 Å². The molecule has 0 fully saturated rings. The molecule has 0 N–H and O–H groups in total. The molecule has 0 bridgehead atoms. The molecule has 10 heavy (non-hydrogen) atoms. The third-order valence-electron chi connectivity index (χ3n) is 0.976. The third kappa shape index (κ3) is 3.45. The van der Waals surface area contributed by atoms with Crippen LogP contribution in [0.3, 0.4) is 0 Å². The summed E-state index contributed by atoms with van der Waals surface area (Å²) in [6.07, 6.45) is 0.0730. The molecule has 1 amide bonds. The van der Waals surface area contributed by atoms with Crippen molar-refractivity contribution < 1.29 is 9.63 Å². The third-order valence-corrected chi connectivity index (χ3v) is 0.976. The van der Waals surface area contributed by atoms with Gasteiger partial charge in [0, 0.05) is 13.5 Å². The van der Waals surface area contributed by atoms with Gasteiger partial charge in [-0.3, -0.25) is 9.63 Å². The molecule has 0 aromatic rings. The average Bonchev–Trinajstić information content (AvgIpc) is 1.81. The summed E-state index contributed by atoms with van der Waals surface area (Å²) in [6.45, 7) is 7.76. The minimum Gasteiger partial charge on any atom is -0.273 e. The number of carbonyl (C=O) groups excluding carboxylic acids is 1. The lowest BCUT2D eigenvalue weighted by molar-refractivity contribution is -0.196. The Kier molecular flexibility index (Phi) is 4.03. The number of nitrogens with zero attached hydrogens (tertiary/aromatic N) is 1. The van der Waals surface area contributed by atoms with E-state index in [4.69, 9.17) is 4.84 Å². The number of amides is 1. The van der Waals surface area contributed by atoms with Crippen molar-refractivity contribution in [1.29, 1.82) is 0 Å². The summed E-state index contributed by atoms with van der Waals surface area (Å²) < 4.78 is 0. The van der Waals surface area contributed by atoms with E-state index in [1.165, 1.54) is 12.0 Å². The van der Waals surface area contributed by atoms with Crippen molar-refractivity contribution in [3.05, 3.63) is 0 Å². The van der Waals surface area contributed by atoms with Gasteiger partial charge in [0.15, 0.2) is 0 Å². The Morgan fingerprint density at radius 1 is 1.60 bits per heavy atom. The Morgan fingerprint density at radius 3 is 2.20 bits per heavy atom. The number of hydrogen-bond donors (Lipinski definition) is 0. The highest BCUT2D eigenvalue weighted by atomic mass is 16.7. The monoisotopic (exact) mass is 145 g/mol. The van der Waals surface area contributed by atoms with Crippen LogP contribution in [0.2, 0.25) is 0 Å². The van der Waals surface area contributed by atoms with E-state index in [1.54, 1.807) is 0 Å². The van der Waals surface area contributed by atoms with E-state index < -0.39 is 0 Å². The molecule has 0 aromatic carbocycles. The van der Waals surface area contributed by atoms with Gasteiger partial charge >= 0.3 is 0 Å². The fourth-order valence-electron chi connectivity index (χ4n) is 0.626. The molecule has 0 aliphatic heterocycles. The van der Waals surface area contributed by atoms with Crippen molar-refractivity contribution in [2.45, 2.75) is 33.8 Å². The van der Waals surface area contributed by atoms with Crippen molar-refractivity contribution in [1.82, 2.24) is 5.06 Å². The van der Waals surface area contributed by atoms with Crippen molar-refractivity contribution in [3.8, 4) is 0 Å². The Labute approximate surface area is 61.9 Å². The van der Waals surface area contributed by atoms with E-state index >= 15 is 0 Å². The molecular formula is C7H15NO2. The molecular weight excluding hydrogens is 130 g/mol. The number of carbonyl (C=O) groups is 1. The average molecular weight is 145 g/mol. The smallest absolute Gasteiger partial charge is 0.242 e. The van der Waals surface area contributed by atoms with Crippen LogP contribution in [0.1, 0.15) is 27.7 Å². The van der Waals surface area contributed by atoms with Gasteiger partial charge in [-0.1, -0.05) is 0 Å². The predicted molar refractivity (Wildman–Crippen MR) is 39.3 cm³/mol. The van der Waals surface area contributed by atoms with Gasteiger partial charge in [0.05, 0.1) is 6.10 Å². The zero-order chi connectivity index (χ0) is 8.15. The van der Waals surface area contributed by atoms with Crippen LogP contribution in [0.25, 0.3) is 0 Å². The van der Waals surface area contributed by atoms with Crippen molar-refractivity contribution in [2.75, 3.05) is 6.54 Å². The molecule has 0 saturated heterocycles. The second kappa shape index (κ2) is 4.28. The normalized spacial score (nSPS) is 10.1. The van der Waals surface area contributed by atoms with Gasteiger partial charge in [-0.05, 0) is 20.8 Å². The number of hydroxylamine groups is 2. The molecule has 60 valence electrons. The van der Waals surface area contributed by atoms with Crippen molar-refractivity contribution >= 4 is 5.91 Å². The highest BCUT2D eigenvalue weighted by Crippen LogP contribution is 1.95. The fourth-order valence-corrected chi connectivity index (χ4v) is 0.626. The molecule has 0 radical (unpaired) electrons. The first-order chi connectivity index (χ1) is 4.57. The molecule has 0 atom stereocenters. The SMILES string of the molecule is CCN(OC(C)C)C(C)=O. The number of rotatable bonds is 3. The second-order valence-corrected chi connectivity index (χ2v) is 2.37. The van der Waals surface area contributed by atoms with Crippen LogP contribution in [0.5, 0.6) is 0 Å². The Hall–Kier alpha value is -0.570. The topological polar surface area (TPSA) is 29.5 Å². The lowest BCUT2D eigenvalue weighted by Gasteiger charge is -2.20. The van der Waals surface area contributed by atoms with E-state index in [-0.39, 0.29) is 12.0 Å². The van der Waals surface area contributed by atoms with E-state index in [1.807, 2.05) is 20.8 Å². The van der Waals surface area contributed by atoms with Crippen LogP contribution in [0.4, 0.5) is 0 Å². The maximum Gasteiger partial charge on any atom is 0.242 e. The summed E-state index contributed by atoms with van der Waals surface area (Å²) in [7, 11) is 0. The minimum absolute atomic E-state index is 0.0452. The lowest BCUT2D eigenvalue weighted by atomic mass is 10.5. The highest BCUT2D eigenvalue weighted by molar-refractivity contribution is 5.71. The van der Waals surface area contributed by atoms with Crippen molar-refractivity contribution in [2.24, 2.45) is 0 Å². The van der Waals surface area contributed by atoms with Gasteiger partial charge in [0.1, 0.15) is 0 Å². The lowest BCUT2D eigenvalue weighted by Crippen LogP contribution is -2.31. The summed E-state index contributed by atoms with van der Waals surface area (Å²) in [6, 6.07) is 0. The Bertz CT molecular complexity index is 112. The van der Waals surface area contributed by atoms with E-state index in [0.29, 0.717) is 6.54 Å². The molecule has 3 heteroatoms. The van der Waals surface area contributed by atoms with Crippen LogP contribution in [-0.4, -0.2) is 23.6 Å². The summed E-state index contributed by atoms with van der Waals surface area (Å²) in [5.74, 6) is -0.0452. The molecule has 3 nitrogen and oxygen atoms in total. The van der Waals surface area contributed by atoms with Gasteiger partial charge in [0.2, 0.25) is 5.91 Å². The van der Waals surface area contributed by atoms with Crippen LogP contribution in [-0.2, 0) is 9.63 Å². The molecule has 0 aliphatic rings. The largest absolute Gasteiger partial charge is 0.273 e. The first kappa shape index (κ1) is 9.43. The van der Waals surface area contributed by atoms with Gasteiger partial charge in [-0.25, -0.2) is 5.06 Å². The molecule has 0 heterocycles. The molecule has 0 unspecified atom stereocenters. The summed E-state index contributed by atoms with van der Waals surface area (Å²) in [5.41, 5.74) is 0. The van der Waals surface area contributed by atoms with Crippen LogP contribution in [0.15, 0.2) is 0 Å². The summed E-state index contributed by atoms with van der Waals surface area (Å²) in [5, 5.41) is 1.35. The quantitative estimate of drug-likeness (QED) is 0.558. The highest BCUT2D eigenvalue weighted by Gasteiger charge is 2.07. The van der Waals surface area contributed by atoms with E-state index in [0.717, 1.165) is 0 Å². The van der Waals surface area contributed by atoms with Crippen molar-refractivity contribution in [3.63, 3.8) is 0 Å². The first-order valence-corrected chi connectivity index (χ1v) is 3.52. The second-order valence-electron chi connectivity index (χ2n) is 2.37. The van der Waals surface area contributed by atoms with Gasteiger partial charge in [-0.15, -0.1) is 0 Å². The first-order valence-electron chi connectivity index (χ1n) is 3.52. The van der Waals surface area contributed by atoms with E-state index in [2.05, 4.69) is 0 Å². The maximum atomic E-state index is 10.7. The summed E-state index contributed by atoms with van der Waals surface area (Å²) >= 11 is 0. The van der Waals surface area contributed by atoms with Gasteiger partial charge in [0.25, 0.3) is 0 Å². The van der Waals surface area contributed by atoms with Crippen LogP contribution in [0, 0.1) is 0 Å². The zero-order valence-electron chi connectivity index (χ0n) is 7.05. The molecule has 0 rings (SSSR count). The zero-order valence-corrected chi connectivity index (χ0v) is 7.05. The van der Waals surface area contributed by atoms with E-state index in [9.17, 15) is 4.79 Å². The standard InChI is InChI=1S/C7H15NO2/c1-5-8(7(4)9)10-6(2)3/h6H,5H2,1-4H3. The fraction of sp³-hybridized carbons (Fsp3) is 0.857. The van der Waals surface area contributed by atoms with Gasteiger partial charge in [-0.2, -0.15) is 0 Å². The Morgan fingerprint density at radius 2 is 2.10 bits per heavy atom. The minimum atomic E-state index is -0.0452. The van der Waals surface area contributed by atoms with Gasteiger partial charge < -0.3 is 0 Å². The van der Waals surface area contributed by atoms with Crippen LogP contribution < -0.4 is 0 Å². The molecule has 0 aliphatic carbocycles. The molecule has 0 saturated carbocycles. The Balaban J connectivity index is 3.72. The maximum absolute atomic E-state index is 10.7. The molecule has 0 spiro atoms. The predicted octanol–water partition coefficient (Wildman–Crippen LogP) is 1.19. The molecule has 0 aromatic heterocycles. The summed E-state index contributed by atoms with van der Waals surface area (Å²) in [4.78, 5) is 15.9. The number of hydrogen-bond acceptors (Lipinski definition) is 2.